The second-order valence-corrected chi connectivity index (χ2v) is 6.88. The number of hydrogen-bond acceptors (Lipinski definition) is 3. The first-order valence-corrected chi connectivity index (χ1v) is 8.11. The molecule has 0 aromatic heterocycles. The van der Waals surface area contributed by atoms with Crippen molar-refractivity contribution in [1.29, 1.82) is 0 Å². The van der Waals surface area contributed by atoms with Crippen molar-refractivity contribution < 1.29 is 9.47 Å². The molecule has 21 heavy (non-hydrogen) atoms. The summed E-state index contributed by atoms with van der Waals surface area (Å²) in [7, 11) is 0. The maximum absolute atomic E-state index is 5.81. The SMILES string of the molecule is CC(C)(C)NCc1cccc(OCCOC2CCCC2)c1. The van der Waals surface area contributed by atoms with Crippen molar-refractivity contribution >= 4 is 0 Å². The maximum Gasteiger partial charge on any atom is 0.119 e. The zero-order valence-corrected chi connectivity index (χ0v) is 13.7. The first kappa shape index (κ1) is 16.3. The molecular weight excluding hydrogens is 262 g/mol. The molecular formula is C18H29NO2. The van der Waals surface area contributed by atoms with Crippen LogP contribution >= 0.6 is 0 Å². The van der Waals surface area contributed by atoms with E-state index in [4.69, 9.17) is 9.47 Å². The molecule has 1 saturated carbocycles. The van der Waals surface area contributed by atoms with Gasteiger partial charge in [-0.25, -0.2) is 0 Å². The summed E-state index contributed by atoms with van der Waals surface area (Å²) in [5, 5.41) is 3.49. The molecule has 0 atom stereocenters. The van der Waals surface area contributed by atoms with E-state index in [9.17, 15) is 0 Å². The first-order valence-electron chi connectivity index (χ1n) is 8.11. The molecule has 0 heterocycles. The summed E-state index contributed by atoms with van der Waals surface area (Å²) in [6.45, 7) is 8.70. The molecule has 3 nitrogen and oxygen atoms in total. The van der Waals surface area contributed by atoms with Gasteiger partial charge in [0, 0.05) is 12.1 Å². The van der Waals surface area contributed by atoms with E-state index in [0.717, 1.165) is 12.3 Å². The highest BCUT2D eigenvalue weighted by molar-refractivity contribution is 5.28. The second kappa shape index (κ2) is 7.81. The number of benzene rings is 1. The molecule has 1 fully saturated rings. The third kappa shape index (κ3) is 6.49. The van der Waals surface area contributed by atoms with E-state index < -0.39 is 0 Å². The summed E-state index contributed by atoms with van der Waals surface area (Å²) < 4.78 is 11.6. The molecule has 0 bridgehead atoms. The molecule has 1 aromatic rings. The van der Waals surface area contributed by atoms with Crippen molar-refractivity contribution in [3.05, 3.63) is 29.8 Å². The lowest BCUT2D eigenvalue weighted by atomic mass is 10.1. The fraction of sp³-hybridized carbons (Fsp3) is 0.667. The number of rotatable bonds is 7. The Morgan fingerprint density at radius 2 is 1.90 bits per heavy atom. The Hall–Kier alpha value is -1.06. The molecule has 0 spiro atoms. The third-order valence-electron chi connectivity index (χ3n) is 3.73. The van der Waals surface area contributed by atoms with Gasteiger partial charge in [0.25, 0.3) is 0 Å². The molecule has 0 amide bonds. The predicted octanol–water partition coefficient (Wildman–Crippen LogP) is 3.91. The molecule has 1 aliphatic carbocycles. The lowest BCUT2D eigenvalue weighted by Crippen LogP contribution is -2.35. The van der Waals surface area contributed by atoms with Crippen LogP contribution in [-0.4, -0.2) is 24.9 Å². The highest BCUT2D eigenvalue weighted by atomic mass is 16.5. The van der Waals surface area contributed by atoms with Crippen LogP contribution in [0.1, 0.15) is 52.0 Å². The maximum atomic E-state index is 5.81. The summed E-state index contributed by atoms with van der Waals surface area (Å²) >= 11 is 0. The number of ether oxygens (including phenoxy) is 2. The van der Waals surface area contributed by atoms with Crippen LogP contribution in [0.5, 0.6) is 5.75 Å². The van der Waals surface area contributed by atoms with Crippen LogP contribution in [0.3, 0.4) is 0 Å². The van der Waals surface area contributed by atoms with Crippen molar-refractivity contribution in [3.8, 4) is 5.75 Å². The van der Waals surface area contributed by atoms with Crippen LogP contribution in [-0.2, 0) is 11.3 Å². The van der Waals surface area contributed by atoms with Gasteiger partial charge in [0.05, 0.1) is 12.7 Å². The van der Waals surface area contributed by atoms with Gasteiger partial charge in [-0.3, -0.25) is 0 Å². The van der Waals surface area contributed by atoms with E-state index in [1.807, 2.05) is 12.1 Å². The standard InChI is InChI=1S/C18H29NO2/c1-18(2,3)19-14-15-7-6-10-17(13-15)21-12-11-20-16-8-4-5-9-16/h6-7,10,13,16,19H,4-5,8-9,11-12,14H2,1-3H3. The number of nitrogens with one attached hydrogen (secondary N) is 1. The van der Waals surface area contributed by atoms with Gasteiger partial charge in [0.2, 0.25) is 0 Å². The second-order valence-electron chi connectivity index (χ2n) is 6.88. The highest BCUT2D eigenvalue weighted by Crippen LogP contribution is 2.21. The molecule has 0 radical (unpaired) electrons. The van der Waals surface area contributed by atoms with Crippen molar-refractivity contribution in [2.24, 2.45) is 0 Å². The van der Waals surface area contributed by atoms with E-state index >= 15 is 0 Å². The van der Waals surface area contributed by atoms with Crippen molar-refractivity contribution in [3.63, 3.8) is 0 Å². The molecule has 0 saturated heterocycles. The lowest BCUT2D eigenvalue weighted by Gasteiger charge is -2.20. The first-order chi connectivity index (χ1) is 10.0. The Bertz CT molecular complexity index is 419. The number of hydrogen-bond donors (Lipinski definition) is 1. The van der Waals surface area contributed by atoms with E-state index in [0.29, 0.717) is 19.3 Å². The average Bonchev–Trinajstić information content (AvgIpc) is 2.94. The van der Waals surface area contributed by atoms with E-state index in [2.05, 4.69) is 38.2 Å². The minimum Gasteiger partial charge on any atom is -0.491 e. The van der Waals surface area contributed by atoms with Gasteiger partial charge >= 0.3 is 0 Å². The molecule has 118 valence electrons. The monoisotopic (exact) mass is 291 g/mol. The predicted molar refractivity (Wildman–Crippen MR) is 86.7 cm³/mol. The Kier molecular flexibility index (Phi) is 6.07. The highest BCUT2D eigenvalue weighted by Gasteiger charge is 2.14. The van der Waals surface area contributed by atoms with Gasteiger partial charge in [-0.05, 0) is 51.3 Å². The zero-order valence-electron chi connectivity index (χ0n) is 13.7. The Balaban J connectivity index is 1.70. The van der Waals surface area contributed by atoms with E-state index in [1.165, 1.54) is 31.2 Å². The van der Waals surface area contributed by atoms with Gasteiger partial charge in [0.15, 0.2) is 0 Å². The molecule has 1 aromatic carbocycles. The van der Waals surface area contributed by atoms with Crippen molar-refractivity contribution in [1.82, 2.24) is 5.32 Å². The van der Waals surface area contributed by atoms with Crippen LogP contribution in [0.2, 0.25) is 0 Å². The van der Waals surface area contributed by atoms with Gasteiger partial charge in [0.1, 0.15) is 12.4 Å². The van der Waals surface area contributed by atoms with Crippen molar-refractivity contribution in [2.45, 2.75) is 64.6 Å². The Morgan fingerprint density at radius 1 is 1.14 bits per heavy atom. The van der Waals surface area contributed by atoms with Crippen LogP contribution in [0, 0.1) is 0 Å². The molecule has 0 unspecified atom stereocenters. The molecule has 1 N–H and O–H groups in total. The molecule has 1 aliphatic rings. The summed E-state index contributed by atoms with van der Waals surface area (Å²) in [5.41, 5.74) is 1.38. The Labute approximate surface area is 129 Å². The normalized spacial score (nSPS) is 16.3. The van der Waals surface area contributed by atoms with Gasteiger partial charge in [-0.2, -0.15) is 0 Å². The van der Waals surface area contributed by atoms with Crippen LogP contribution in [0.4, 0.5) is 0 Å². The fourth-order valence-corrected chi connectivity index (χ4v) is 2.54. The Morgan fingerprint density at radius 3 is 2.62 bits per heavy atom. The third-order valence-corrected chi connectivity index (χ3v) is 3.73. The van der Waals surface area contributed by atoms with Gasteiger partial charge in [-0.15, -0.1) is 0 Å². The quantitative estimate of drug-likeness (QED) is 0.773. The summed E-state index contributed by atoms with van der Waals surface area (Å²) in [6, 6.07) is 8.29. The fourth-order valence-electron chi connectivity index (χ4n) is 2.54. The summed E-state index contributed by atoms with van der Waals surface area (Å²) in [5.74, 6) is 0.929. The van der Waals surface area contributed by atoms with Crippen LogP contribution in [0.15, 0.2) is 24.3 Å². The van der Waals surface area contributed by atoms with E-state index in [1.54, 1.807) is 0 Å². The molecule has 3 heteroatoms. The van der Waals surface area contributed by atoms with Crippen LogP contribution in [0.25, 0.3) is 0 Å². The largest absolute Gasteiger partial charge is 0.491 e. The average molecular weight is 291 g/mol. The van der Waals surface area contributed by atoms with Gasteiger partial charge < -0.3 is 14.8 Å². The smallest absolute Gasteiger partial charge is 0.119 e. The molecule has 2 rings (SSSR count). The van der Waals surface area contributed by atoms with Gasteiger partial charge in [-0.1, -0.05) is 25.0 Å². The minimum absolute atomic E-state index is 0.131. The zero-order chi connectivity index (χ0) is 15.1. The summed E-state index contributed by atoms with van der Waals surface area (Å²) in [4.78, 5) is 0. The topological polar surface area (TPSA) is 30.5 Å². The molecule has 0 aliphatic heterocycles. The van der Waals surface area contributed by atoms with Crippen LogP contribution < -0.4 is 10.1 Å². The van der Waals surface area contributed by atoms with Crippen molar-refractivity contribution in [2.75, 3.05) is 13.2 Å². The lowest BCUT2D eigenvalue weighted by molar-refractivity contribution is 0.0382. The summed E-state index contributed by atoms with van der Waals surface area (Å²) in [6.07, 6.45) is 5.53. The minimum atomic E-state index is 0.131. The van der Waals surface area contributed by atoms with E-state index in [-0.39, 0.29) is 5.54 Å².